The van der Waals surface area contributed by atoms with Gasteiger partial charge in [-0.3, -0.25) is 9.69 Å². The Labute approximate surface area is 178 Å². The van der Waals surface area contributed by atoms with Crippen LogP contribution in [0, 0.1) is 6.92 Å². The molecule has 1 aliphatic heterocycles. The molecule has 8 heteroatoms. The van der Waals surface area contributed by atoms with Crippen LogP contribution in [-0.2, 0) is 17.9 Å². The third-order valence-corrected chi connectivity index (χ3v) is 5.75. The van der Waals surface area contributed by atoms with E-state index in [0.29, 0.717) is 11.1 Å². The topological polar surface area (TPSA) is 41.6 Å². The fourth-order valence-corrected chi connectivity index (χ4v) is 4.13. The number of benzene rings is 2. The molecule has 1 amide bonds. The number of anilines is 1. The van der Waals surface area contributed by atoms with E-state index in [4.69, 9.17) is 0 Å². The van der Waals surface area contributed by atoms with Gasteiger partial charge in [0, 0.05) is 42.4 Å². The number of amides is 1. The van der Waals surface area contributed by atoms with E-state index in [1.54, 1.807) is 24.3 Å². The van der Waals surface area contributed by atoms with Gasteiger partial charge in [-0.25, -0.2) is 0 Å². The third kappa shape index (κ3) is 7.04. The smallest absolute Gasteiger partial charge is 0.367 e. The van der Waals surface area contributed by atoms with Crippen molar-refractivity contribution in [3.63, 3.8) is 0 Å². The van der Waals surface area contributed by atoms with Crippen molar-refractivity contribution in [2.45, 2.75) is 26.3 Å². The molecule has 2 aromatic carbocycles. The zero-order valence-corrected chi connectivity index (χ0v) is 17.6. The summed E-state index contributed by atoms with van der Waals surface area (Å²) in [4.78, 5) is 15.0. The van der Waals surface area contributed by atoms with Crippen LogP contribution in [0.5, 0.6) is 0 Å². The minimum absolute atomic E-state index is 0.155. The van der Waals surface area contributed by atoms with Crippen molar-refractivity contribution in [1.82, 2.24) is 4.90 Å². The Hall–Kier alpha value is -2.03. The molecular formula is C22H25F3N2O2S. The summed E-state index contributed by atoms with van der Waals surface area (Å²) in [5.41, 5.74) is 3.90. The summed E-state index contributed by atoms with van der Waals surface area (Å²) >= 11 is 1.97. The zero-order chi connectivity index (χ0) is 21.6. The summed E-state index contributed by atoms with van der Waals surface area (Å²) < 4.78 is 41.1. The molecule has 1 fully saturated rings. The predicted octanol–water partition coefficient (Wildman–Crippen LogP) is 4.88. The minimum Gasteiger partial charge on any atom is -0.367 e. The third-order valence-electron chi connectivity index (χ3n) is 4.81. The summed E-state index contributed by atoms with van der Waals surface area (Å²) in [5.74, 6) is 2.03. The number of hydrogen-bond donors (Lipinski definition) is 1. The summed E-state index contributed by atoms with van der Waals surface area (Å²) in [6.45, 7) is 3.49. The van der Waals surface area contributed by atoms with E-state index in [-0.39, 0.29) is 12.5 Å². The maximum absolute atomic E-state index is 12.6. The van der Waals surface area contributed by atoms with Gasteiger partial charge < -0.3 is 10.1 Å². The van der Waals surface area contributed by atoms with E-state index in [2.05, 4.69) is 21.0 Å². The standard InChI is InChI=1S/C22H25F3N2O2S/c1-16-2-3-18(13-27-8-10-30-11-9-27)12-20(16)26-21(28)19-6-4-17(5-7-19)14-29-15-22(23,24)25/h2-7,12H,8-11,13-15H2,1H3,(H,26,28). The van der Waals surface area contributed by atoms with E-state index in [0.717, 1.165) is 48.0 Å². The van der Waals surface area contributed by atoms with Crippen LogP contribution >= 0.6 is 11.8 Å². The molecule has 1 saturated heterocycles. The SMILES string of the molecule is Cc1ccc(CN2CCSCC2)cc1NC(=O)c1ccc(COCC(F)(F)F)cc1. The fraction of sp³-hybridized carbons (Fsp3) is 0.409. The van der Waals surface area contributed by atoms with Crippen molar-refractivity contribution < 1.29 is 22.7 Å². The molecule has 0 aromatic heterocycles. The average Bonchev–Trinajstić information content (AvgIpc) is 2.71. The number of nitrogens with one attached hydrogen (secondary N) is 1. The molecule has 0 bridgehead atoms. The molecular weight excluding hydrogens is 413 g/mol. The van der Waals surface area contributed by atoms with Gasteiger partial charge in [-0.2, -0.15) is 24.9 Å². The maximum atomic E-state index is 12.6. The molecule has 1 heterocycles. The second kappa shape index (κ2) is 10.3. The van der Waals surface area contributed by atoms with Crippen molar-refractivity contribution in [2.75, 3.05) is 36.5 Å². The van der Waals surface area contributed by atoms with Gasteiger partial charge in [0.15, 0.2) is 0 Å². The van der Waals surface area contributed by atoms with Gasteiger partial charge in [-0.15, -0.1) is 0 Å². The lowest BCUT2D eigenvalue weighted by Crippen LogP contribution is -2.32. The molecule has 0 radical (unpaired) electrons. The first kappa shape index (κ1) is 22.7. The Kier molecular flexibility index (Phi) is 7.80. The van der Waals surface area contributed by atoms with Crippen LogP contribution in [0.3, 0.4) is 0 Å². The van der Waals surface area contributed by atoms with E-state index in [1.165, 1.54) is 0 Å². The summed E-state index contributed by atoms with van der Waals surface area (Å²) in [7, 11) is 0. The Morgan fingerprint density at radius 1 is 1.10 bits per heavy atom. The van der Waals surface area contributed by atoms with Crippen LogP contribution < -0.4 is 5.32 Å². The Morgan fingerprint density at radius 3 is 2.43 bits per heavy atom. The van der Waals surface area contributed by atoms with Crippen molar-refractivity contribution in [3.05, 3.63) is 64.7 Å². The zero-order valence-electron chi connectivity index (χ0n) is 16.8. The molecule has 1 aliphatic rings. The maximum Gasteiger partial charge on any atom is 0.411 e. The Bertz CT molecular complexity index is 850. The van der Waals surface area contributed by atoms with Crippen LogP contribution in [0.2, 0.25) is 0 Å². The van der Waals surface area contributed by atoms with E-state index < -0.39 is 12.8 Å². The lowest BCUT2D eigenvalue weighted by molar-refractivity contribution is -0.176. The van der Waals surface area contributed by atoms with E-state index in [1.807, 2.05) is 30.8 Å². The highest BCUT2D eigenvalue weighted by molar-refractivity contribution is 7.99. The molecule has 162 valence electrons. The monoisotopic (exact) mass is 438 g/mol. The van der Waals surface area contributed by atoms with Crippen LogP contribution in [-0.4, -0.2) is 48.2 Å². The Morgan fingerprint density at radius 2 is 1.77 bits per heavy atom. The lowest BCUT2D eigenvalue weighted by atomic mass is 10.1. The summed E-state index contributed by atoms with van der Waals surface area (Å²) in [5, 5.41) is 2.95. The first-order valence-electron chi connectivity index (χ1n) is 9.74. The number of carbonyl (C=O) groups is 1. The normalized spacial score (nSPS) is 15.2. The number of aryl methyl sites for hydroxylation is 1. The molecule has 4 nitrogen and oxygen atoms in total. The predicted molar refractivity (Wildman–Crippen MR) is 114 cm³/mol. The number of rotatable bonds is 7. The van der Waals surface area contributed by atoms with Gasteiger partial charge >= 0.3 is 6.18 Å². The number of hydrogen-bond acceptors (Lipinski definition) is 4. The van der Waals surface area contributed by atoms with Crippen molar-refractivity contribution in [2.24, 2.45) is 0 Å². The molecule has 0 aliphatic carbocycles. The van der Waals surface area contributed by atoms with Gasteiger partial charge in [-0.1, -0.05) is 24.3 Å². The fourth-order valence-electron chi connectivity index (χ4n) is 3.15. The first-order valence-corrected chi connectivity index (χ1v) is 10.9. The van der Waals surface area contributed by atoms with Crippen LogP contribution in [0.25, 0.3) is 0 Å². The van der Waals surface area contributed by atoms with Gasteiger partial charge in [-0.05, 0) is 41.8 Å². The van der Waals surface area contributed by atoms with E-state index >= 15 is 0 Å². The molecule has 0 unspecified atom stereocenters. The molecule has 0 saturated carbocycles. The summed E-state index contributed by atoms with van der Waals surface area (Å²) in [6, 6.07) is 12.5. The molecule has 3 rings (SSSR count). The minimum atomic E-state index is -4.35. The van der Waals surface area contributed by atoms with Gasteiger partial charge in [0.1, 0.15) is 6.61 Å². The molecule has 0 atom stereocenters. The number of ether oxygens (including phenoxy) is 1. The number of alkyl halides is 3. The first-order chi connectivity index (χ1) is 14.3. The number of thioether (sulfide) groups is 1. The van der Waals surface area contributed by atoms with Gasteiger partial charge in [0.05, 0.1) is 6.61 Å². The average molecular weight is 439 g/mol. The van der Waals surface area contributed by atoms with Crippen LogP contribution in [0.4, 0.5) is 18.9 Å². The second-order valence-electron chi connectivity index (χ2n) is 7.30. The Balaban J connectivity index is 1.58. The highest BCUT2D eigenvalue weighted by atomic mass is 32.2. The van der Waals surface area contributed by atoms with E-state index in [9.17, 15) is 18.0 Å². The van der Waals surface area contributed by atoms with Crippen LogP contribution in [0.15, 0.2) is 42.5 Å². The highest BCUT2D eigenvalue weighted by Gasteiger charge is 2.27. The quantitative estimate of drug-likeness (QED) is 0.669. The van der Waals surface area contributed by atoms with Gasteiger partial charge in [0.2, 0.25) is 0 Å². The molecule has 30 heavy (non-hydrogen) atoms. The number of halogens is 3. The highest BCUT2D eigenvalue weighted by Crippen LogP contribution is 2.21. The summed E-state index contributed by atoms with van der Waals surface area (Å²) in [6.07, 6.45) is -4.35. The van der Waals surface area contributed by atoms with Crippen molar-refractivity contribution in [3.8, 4) is 0 Å². The lowest BCUT2D eigenvalue weighted by Gasteiger charge is -2.26. The number of carbonyl (C=O) groups excluding carboxylic acids is 1. The number of nitrogens with zero attached hydrogens (tertiary/aromatic N) is 1. The largest absolute Gasteiger partial charge is 0.411 e. The molecule has 2 aromatic rings. The molecule has 0 spiro atoms. The molecule has 1 N–H and O–H groups in total. The van der Waals surface area contributed by atoms with Crippen molar-refractivity contribution in [1.29, 1.82) is 0 Å². The van der Waals surface area contributed by atoms with Gasteiger partial charge in [0.25, 0.3) is 5.91 Å². The second-order valence-corrected chi connectivity index (χ2v) is 8.52. The van der Waals surface area contributed by atoms with Crippen LogP contribution in [0.1, 0.15) is 27.0 Å². The van der Waals surface area contributed by atoms with Crippen molar-refractivity contribution >= 4 is 23.4 Å².